The van der Waals surface area contributed by atoms with Crippen molar-refractivity contribution < 1.29 is 29.0 Å². The van der Waals surface area contributed by atoms with Crippen molar-refractivity contribution in [3.63, 3.8) is 0 Å². The SMILES string of the molecule is O=C1NC(=O)N(c2ccc(Cl)cc2)C(=O)/C1=C/c1ccc(Oc2ccc([N+](=O)[O-])cc2[N+](=O)[O-])cc1. The summed E-state index contributed by atoms with van der Waals surface area (Å²) in [5.41, 5.74) is -0.744. The molecule has 4 rings (SSSR count). The van der Waals surface area contributed by atoms with E-state index in [4.69, 9.17) is 16.3 Å². The minimum atomic E-state index is -0.905. The molecule has 1 N–H and O–H groups in total. The Morgan fingerprint density at radius 2 is 1.56 bits per heavy atom. The van der Waals surface area contributed by atoms with Crippen molar-refractivity contribution in [3.05, 3.63) is 103 Å². The highest BCUT2D eigenvalue weighted by atomic mass is 35.5. The van der Waals surface area contributed by atoms with E-state index in [9.17, 15) is 34.6 Å². The number of nitro benzene ring substituents is 2. The van der Waals surface area contributed by atoms with E-state index in [1.807, 2.05) is 0 Å². The number of imide groups is 2. The lowest BCUT2D eigenvalue weighted by Crippen LogP contribution is -2.54. The Bertz CT molecular complexity index is 1450. The second-order valence-electron chi connectivity index (χ2n) is 7.27. The van der Waals surface area contributed by atoms with Crippen molar-refractivity contribution in [2.75, 3.05) is 4.90 Å². The first kappa shape index (κ1) is 24.0. The Morgan fingerprint density at radius 1 is 0.889 bits per heavy atom. The molecule has 1 heterocycles. The molecule has 0 saturated carbocycles. The van der Waals surface area contributed by atoms with Crippen LogP contribution in [-0.2, 0) is 9.59 Å². The maximum atomic E-state index is 12.9. The molecule has 0 unspecified atom stereocenters. The van der Waals surface area contributed by atoms with E-state index in [-0.39, 0.29) is 22.8 Å². The second-order valence-corrected chi connectivity index (χ2v) is 7.71. The fourth-order valence-electron chi connectivity index (χ4n) is 3.26. The van der Waals surface area contributed by atoms with Crippen LogP contribution in [0.15, 0.2) is 72.3 Å². The second kappa shape index (κ2) is 9.64. The van der Waals surface area contributed by atoms with Crippen LogP contribution in [0.4, 0.5) is 21.9 Å². The number of barbiturate groups is 1. The van der Waals surface area contributed by atoms with Gasteiger partial charge in [-0.2, -0.15) is 0 Å². The minimum absolute atomic E-state index is 0.159. The van der Waals surface area contributed by atoms with Crippen LogP contribution in [0.2, 0.25) is 5.02 Å². The molecular formula is C23H13ClN4O8. The maximum Gasteiger partial charge on any atom is 0.335 e. The number of carbonyl (C=O) groups excluding carboxylic acids is 3. The fraction of sp³-hybridized carbons (Fsp3) is 0. The number of anilines is 1. The van der Waals surface area contributed by atoms with E-state index < -0.39 is 39.1 Å². The Morgan fingerprint density at radius 3 is 2.17 bits per heavy atom. The summed E-state index contributed by atoms with van der Waals surface area (Å²) in [4.78, 5) is 58.9. The molecule has 180 valence electrons. The quantitative estimate of drug-likeness (QED) is 0.218. The predicted octanol–water partition coefficient (Wildman–Crippen LogP) is 4.62. The van der Waals surface area contributed by atoms with Crippen molar-refractivity contribution in [3.8, 4) is 11.5 Å². The number of carbonyl (C=O) groups is 3. The van der Waals surface area contributed by atoms with Gasteiger partial charge in [-0.1, -0.05) is 23.7 Å². The molecule has 3 aromatic carbocycles. The highest BCUT2D eigenvalue weighted by Gasteiger charge is 2.36. The first-order chi connectivity index (χ1) is 17.1. The lowest BCUT2D eigenvalue weighted by Gasteiger charge is -2.26. The van der Waals surface area contributed by atoms with Crippen LogP contribution in [0, 0.1) is 20.2 Å². The predicted molar refractivity (Wildman–Crippen MR) is 127 cm³/mol. The number of urea groups is 1. The number of nitro groups is 2. The van der Waals surface area contributed by atoms with Crippen LogP contribution < -0.4 is 15.0 Å². The van der Waals surface area contributed by atoms with Gasteiger partial charge in [-0.15, -0.1) is 0 Å². The van der Waals surface area contributed by atoms with E-state index in [1.165, 1.54) is 54.6 Å². The van der Waals surface area contributed by atoms with Crippen LogP contribution in [0.1, 0.15) is 5.56 Å². The third-order valence-corrected chi connectivity index (χ3v) is 5.21. The largest absolute Gasteiger partial charge is 0.450 e. The van der Waals surface area contributed by atoms with Crippen LogP contribution >= 0.6 is 11.6 Å². The number of ether oxygens (including phenoxy) is 1. The van der Waals surface area contributed by atoms with Gasteiger partial charge in [-0.25, -0.2) is 9.69 Å². The summed E-state index contributed by atoms with van der Waals surface area (Å²) in [5, 5.41) is 24.7. The summed E-state index contributed by atoms with van der Waals surface area (Å²) in [5.74, 6) is -1.77. The van der Waals surface area contributed by atoms with Gasteiger partial charge < -0.3 is 4.74 Å². The van der Waals surface area contributed by atoms with Crippen LogP contribution in [0.3, 0.4) is 0 Å². The van der Waals surface area contributed by atoms with Gasteiger partial charge in [0.1, 0.15) is 11.3 Å². The normalized spacial score (nSPS) is 14.5. The molecule has 1 aliphatic heterocycles. The summed E-state index contributed by atoms with van der Waals surface area (Å²) in [7, 11) is 0. The van der Waals surface area contributed by atoms with Gasteiger partial charge in [0.2, 0.25) is 5.75 Å². The first-order valence-electron chi connectivity index (χ1n) is 10.0. The van der Waals surface area contributed by atoms with E-state index in [0.29, 0.717) is 10.6 Å². The molecule has 4 amide bonds. The summed E-state index contributed by atoms with van der Waals surface area (Å²) < 4.78 is 5.50. The molecular weight excluding hydrogens is 496 g/mol. The Hall–Kier alpha value is -5.10. The van der Waals surface area contributed by atoms with Crippen molar-refractivity contribution in [1.82, 2.24) is 5.32 Å². The molecule has 0 aromatic heterocycles. The third-order valence-electron chi connectivity index (χ3n) is 4.96. The van der Waals surface area contributed by atoms with Crippen LogP contribution in [-0.4, -0.2) is 27.7 Å². The number of halogens is 1. The topological polar surface area (TPSA) is 162 Å². The monoisotopic (exact) mass is 508 g/mol. The molecule has 0 aliphatic carbocycles. The van der Waals surface area contributed by atoms with E-state index in [0.717, 1.165) is 23.1 Å². The summed E-state index contributed by atoms with van der Waals surface area (Å²) >= 11 is 5.85. The highest BCUT2D eigenvalue weighted by Crippen LogP contribution is 2.34. The zero-order chi connectivity index (χ0) is 26.0. The molecule has 1 saturated heterocycles. The van der Waals surface area contributed by atoms with E-state index in [1.54, 1.807) is 0 Å². The zero-order valence-electron chi connectivity index (χ0n) is 17.9. The molecule has 13 heteroatoms. The highest BCUT2D eigenvalue weighted by molar-refractivity contribution is 6.39. The molecule has 1 fully saturated rings. The van der Waals surface area contributed by atoms with Crippen molar-refractivity contribution in [2.24, 2.45) is 0 Å². The summed E-state index contributed by atoms with van der Waals surface area (Å²) in [6.45, 7) is 0. The molecule has 0 spiro atoms. The van der Waals surface area contributed by atoms with Crippen molar-refractivity contribution >= 4 is 52.6 Å². The van der Waals surface area contributed by atoms with Crippen molar-refractivity contribution in [1.29, 1.82) is 0 Å². The Balaban J connectivity index is 1.58. The smallest absolute Gasteiger partial charge is 0.335 e. The molecule has 36 heavy (non-hydrogen) atoms. The average molecular weight is 509 g/mol. The number of hydrogen-bond acceptors (Lipinski definition) is 8. The molecule has 0 radical (unpaired) electrons. The number of non-ortho nitro benzene ring substituents is 1. The van der Waals surface area contributed by atoms with Gasteiger partial charge in [0.05, 0.1) is 21.6 Å². The average Bonchev–Trinajstić information content (AvgIpc) is 2.84. The molecule has 3 aromatic rings. The van der Waals surface area contributed by atoms with Crippen molar-refractivity contribution in [2.45, 2.75) is 0 Å². The Kier molecular flexibility index (Phi) is 6.44. The Labute approximate surface area is 206 Å². The maximum absolute atomic E-state index is 12.9. The fourth-order valence-corrected chi connectivity index (χ4v) is 3.38. The number of amides is 4. The number of rotatable bonds is 6. The number of benzene rings is 3. The van der Waals surface area contributed by atoms with E-state index in [2.05, 4.69) is 5.32 Å². The molecule has 12 nitrogen and oxygen atoms in total. The van der Waals surface area contributed by atoms with Gasteiger partial charge in [-0.3, -0.25) is 35.1 Å². The van der Waals surface area contributed by atoms with Crippen LogP contribution in [0.25, 0.3) is 6.08 Å². The summed E-state index contributed by atoms with van der Waals surface area (Å²) in [6.07, 6.45) is 1.27. The molecule has 0 atom stereocenters. The lowest BCUT2D eigenvalue weighted by atomic mass is 10.1. The third kappa shape index (κ3) is 4.88. The van der Waals surface area contributed by atoms with E-state index >= 15 is 0 Å². The van der Waals surface area contributed by atoms with Gasteiger partial charge in [0.25, 0.3) is 17.5 Å². The van der Waals surface area contributed by atoms with Gasteiger partial charge >= 0.3 is 11.7 Å². The standard InChI is InChI=1S/C23H13ClN4O8/c24-14-3-5-15(6-4-14)26-22(30)18(21(29)25-23(26)31)11-13-1-8-17(9-2-13)36-20-10-7-16(27(32)33)12-19(20)28(34)35/h1-12H,(H,25,29,31)/b18-11+. The number of nitrogens with one attached hydrogen (secondary N) is 1. The lowest BCUT2D eigenvalue weighted by molar-refractivity contribution is -0.394. The minimum Gasteiger partial charge on any atom is -0.450 e. The summed E-state index contributed by atoms with van der Waals surface area (Å²) in [6, 6.07) is 13.8. The van der Waals surface area contributed by atoms with Gasteiger partial charge in [-0.05, 0) is 54.1 Å². The van der Waals surface area contributed by atoms with Gasteiger partial charge in [0.15, 0.2) is 0 Å². The zero-order valence-corrected chi connectivity index (χ0v) is 18.7. The number of hydrogen-bond donors (Lipinski definition) is 1. The number of nitrogens with zero attached hydrogens (tertiary/aromatic N) is 3. The van der Waals surface area contributed by atoms with Crippen LogP contribution in [0.5, 0.6) is 11.5 Å². The van der Waals surface area contributed by atoms with Gasteiger partial charge in [0, 0.05) is 11.1 Å². The first-order valence-corrected chi connectivity index (χ1v) is 10.4. The molecule has 1 aliphatic rings. The molecule has 0 bridgehead atoms.